The molecule has 0 saturated carbocycles. The molecule has 2 rings (SSSR count). The summed E-state index contributed by atoms with van der Waals surface area (Å²) in [5.74, 6) is 0.490. The zero-order valence-electron chi connectivity index (χ0n) is 6.68. The lowest BCUT2D eigenvalue weighted by Crippen LogP contribution is -1.84. The van der Waals surface area contributed by atoms with Crippen molar-refractivity contribution in [2.45, 2.75) is 5.88 Å². The Bertz CT molecular complexity index is 450. The van der Waals surface area contributed by atoms with E-state index in [1.807, 2.05) is 11.4 Å². The summed E-state index contributed by atoms with van der Waals surface area (Å²) in [6, 6.07) is 3.68. The molecule has 0 unspecified atom stereocenters. The van der Waals surface area contributed by atoms with Gasteiger partial charge >= 0.3 is 0 Å². The topological polar surface area (TPSA) is 26.0 Å². The molecular weight excluding hydrogens is 225 g/mol. The lowest BCUT2D eigenvalue weighted by atomic mass is 10.2. The van der Waals surface area contributed by atoms with Crippen molar-refractivity contribution in [3.05, 3.63) is 28.1 Å². The van der Waals surface area contributed by atoms with Crippen LogP contribution in [0.2, 0.25) is 5.02 Å². The Morgan fingerprint density at radius 2 is 2.15 bits per heavy atom. The van der Waals surface area contributed by atoms with Gasteiger partial charge in [-0.3, -0.25) is 0 Å². The molecule has 0 radical (unpaired) electrons. The molecule has 2 aromatic rings. The lowest BCUT2D eigenvalue weighted by molar-refractivity contribution is 1.50. The highest BCUT2D eigenvalue weighted by atomic mass is 35.5. The van der Waals surface area contributed by atoms with Crippen molar-refractivity contribution in [2.24, 2.45) is 0 Å². The van der Waals surface area contributed by atoms with Gasteiger partial charge in [-0.05, 0) is 23.1 Å². The van der Waals surface area contributed by atoms with Gasteiger partial charge < -0.3 is 5.73 Å². The summed E-state index contributed by atoms with van der Waals surface area (Å²) in [6.07, 6.45) is 0. The number of halogens is 2. The van der Waals surface area contributed by atoms with Crippen LogP contribution in [-0.4, -0.2) is 0 Å². The van der Waals surface area contributed by atoms with E-state index < -0.39 is 0 Å². The summed E-state index contributed by atoms with van der Waals surface area (Å²) in [5, 5.41) is 3.74. The summed E-state index contributed by atoms with van der Waals surface area (Å²) in [7, 11) is 0. The van der Waals surface area contributed by atoms with Gasteiger partial charge in [0.2, 0.25) is 0 Å². The molecule has 0 atom stereocenters. The summed E-state index contributed by atoms with van der Waals surface area (Å²) in [5.41, 5.74) is 7.44. The summed E-state index contributed by atoms with van der Waals surface area (Å²) in [6.45, 7) is 0. The molecule has 1 nitrogen and oxygen atoms in total. The number of nitrogens with two attached hydrogens (primary N) is 1. The van der Waals surface area contributed by atoms with Crippen LogP contribution in [0.3, 0.4) is 0 Å². The van der Waals surface area contributed by atoms with Crippen LogP contribution in [0, 0.1) is 0 Å². The van der Waals surface area contributed by atoms with E-state index in [9.17, 15) is 0 Å². The highest BCUT2D eigenvalue weighted by Gasteiger charge is 2.07. The average molecular weight is 232 g/mol. The molecule has 0 aliphatic heterocycles. The molecule has 0 aliphatic rings. The molecule has 0 amide bonds. The fourth-order valence-corrected chi connectivity index (χ4v) is 3.04. The minimum atomic E-state index is 0.490. The molecule has 2 N–H and O–H groups in total. The monoisotopic (exact) mass is 231 g/mol. The van der Waals surface area contributed by atoms with E-state index in [0.29, 0.717) is 16.6 Å². The molecule has 1 aromatic carbocycles. The van der Waals surface area contributed by atoms with Gasteiger partial charge in [-0.1, -0.05) is 11.6 Å². The van der Waals surface area contributed by atoms with Crippen LogP contribution in [0.1, 0.15) is 5.56 Å². The molecule has 0 aliphatic carbocycles. The van der Waals surface area contributed by atoms with Gasteiger partial charge in [0.1, 0.15) is 0 Å². The van der Waals surface area contributed by atoms with Gasteiger partial charge in [0.05, 0.1) is 5.02 Å². The Morgan fingerprint density at radius 1 is 1.38 bits per heavy atom. The van der Waals surface area contributed by atoms with Crippen LogP contribution in [0.5, 0.6) is 0 Å². The number of hydrogen-bond donors (Lipinski definition) is 1. The minimum Gasteiger partial charge on any atom is -0.399 e. The molecule has 68 valence electrons. The van der Waals surface area contributed by atoms with Crippen molar-refractivity contribution in [1.29, 1.82) is 0 Å². The van der Waals surface area contributed by atoms with E-state index in [-0.39, 0.29) is 0 Å². The predicted octanol–water partition coefficient (Wildman–Crippen LogP) is 3.88. The van der Waals surface area contributed by atoms with E-state index in [1.54, 1.807) is 17.4 Å². The van der Waals surface area contributed by atoms with E-state index >= 15 is 0 Å². The zero-order valence-corrected chi connectivity index (χ0v) is 9.01. The number of hydrogen-bond acceptors (Lipinski definition) is 2. The van der Waals surface area contributed by atoms with E-state index in [4.69, 9.17) is 28.9 Å². The number of nitrogen functional groups attached to an aromatic ring is 1. The van der Waals surface area contributed by atoms with Crippen molar-refractivity contribution < 1.29 is 0 Å². The van der Waals surface area contributed by atoms with Gasteiger partial charge in [-0.2, -0.15) is 0 Å². The molecule has 1 heterocycles. The molecular formula is C9H7Cl2NS. The predicted molar refractivity (Wildman–Crippen MR) is 60.8 cm³/mol. The SMILES string of the molecule is Nc1cc(Cl)c2c(CCl)csc2c1. The number of alkyl halides is 1. The first-order chi connectivity index (χ1) is 6.22. The van der Waals surface area contributed by atoms with Crippen molar-refractivity contribution in [2.75, 3.05) is 5.73 Å². The van der Waals surface area contributed by atoms with Crippen molar-refractivity contribution in [1.82, 2.24) is 0 Å². The van der Waals surface area contributed by atoms with E-state index in [0.717, 1.165) is 15.6 Å². The Balaban J connectivity index is 2.82. The van der Waals surface area contributed by atoms with Crippen LogP contribution in [0.25, 0.3) is 10.1 Å². The van der Waals surface area contributed by atoms with Gasteiger partial charge in [0, 0.05) is 21.7 Å². The minimum absolute atomic E-state index is 0.490. The Kier molecular flexibility index (Phi) is 2.37. The van der Waals surface area contributed by atoms with E-state index in [1.165, 1.54) is 0 Å². The zero-order chi connectivity index (χ0) is 9.42. The van der Waals surface area contributed by atoms with Crippen molar-refractivity contribution in [3.8, 4) is 0 Å². The van der Waals surface area contributed by atoms with Crippen LogP contribution >= 0.6 is 34.5 Å². The maximum absolute atomic E-state index is 6.06. The summed E-state index contributed by atoms with van der Waals surface area (Å²) in [4.78, 5) is 0. The van der Waals surface area contributed by atoms with Crippen molar-refractivity contribution in [3.63, 3.8) is 0 Å². The van der Waals surface area contributed by atoms with E-state index in [2.05, 4.69) is 0 Å². The highest BCUT2D eigenvalue weighted by molar-refractivity contribution is 7.17. The lowest BCUT2D eigenvalue weighted by Gasteiger charge is -1.98. The van der Waals surface area contributed by atoms with Crippen LogP contribution in [-0.2, 0) is 5.88 Å². The second-order valence-electron chi connectivity index (χ2n) is 2.77. The summed E-state index contributed by atoms with van der Waals surface area (Å²) < 4.78 is 1.10. The average Bonchev–Trinajstić information content (AvgIpc) is 2.47. The van der Waals surface area contributed by atoms with Gasteiger partial charge in [0.15, 0.2) is 0 Å². The van der Waals surface area contributed by atoms with Gasteiger partial charge in [-0.15, -0.1) is 22.9 Å². The first-order valence-corrected chi connectivity index (χ1v) is 5.52. The van der Waals surface area contributed by atoms with Gasteiger partial charge in [0.25, 0.3) is 0 Å². The Labute approximate surface area is 90.1 Å². The standard InChI is InChI=1S/C9H7Cl2NS/c10-3-5-4-13-8-2-6(12)1-7(11)9(5)8/h1-2,4H,3,12H2. The Hall–Kier alpha value is -0.440. The fraction of sp³-hybridized carbons (Fsp3) is 0.111. The summed E-state index contributed by atoms with van der Waals surface area (Å²) >= 11 is 13.4. The molecule has 0 fully saturated rings. The molecule has 4 heteroatoms. The maximum atomic E-state index is 6.06. The molecule has 0 spiro atoms. The third-order valence-corrected chi connectivity index (χ3v) is 3.43. The Morgan fingerprint density at radius 3 is 2.85 bits per heavy atom. The second-order valence-corrected chi connectivity index (χ2v) is 4.36. The first-order valence-electron chi connectivity index (χ1n) is 3.73. The maximum Gasteiger partial charge on any atom is 0.0516 e. The molecule has 1 aromatic heterocycles. The number of benzene rings is 1. The second kappa shape index (κ2) is 3.37. The normalized spacial score (nSPS) is 10.9. The highest BCUT2D eigenvalue weighted by Crippen LogP contribution is 2.34. The number of anilines is 1. The number of thiophene rings is 1. The largest absolute Gasteiger partial charge is 0.399 e. The molecule has 13 heavy (non-hydrogen) atoms. The van der Waals surface area contributed by atoms with Gasteiger partial charge in [-0.25, -0.2) is 0 Å². The third-order valence-electron chi connectivity index (χ3n) is 1.87. The van der Waals surface area contributed by atoms with Crippen LogP contribution < -0.4 is 5.73 Å². The molecule has 0 saturated heterocycles. The molecule has 0 bridgehead atoms. The number of fused-ring (bicyclic) bond motifs is 1. The fourth-order valence-electron chi connectivity index (χ4n) is 1.30. The first kappa shape index (κ1) is 9.13. The smallest absolute Gasteiger partial charge is 0.0516 e. The van der Waals surface area contributed by atoms with Crippen LogP contribution in [0.15, 0.2) is 17.5 Å². The van der Waals surface area contributed by atoms with Crippen LogP contribution in [0.4, 0.5) is 5.69 Å². The quantitative estimate of drug-likeness (QED) is 0.586. The van der Waals surface area contributed by atoms with Crippen molar-refractivity contribution >= 4 is 50.3 Å². The third kappa shape index (κ3) is 1.50. The number of rotatable bonds is 1.